The Morgan fingerprint density at radius 3 is 2.00 bits per heavy atom. The van der Waals surface area contributed by atoms with Crippen LogP contribution in [0.1, 0.15) is 59.3 Å². The summed E-state index contributed by atoms with van der Waals surface area (Å²) in [7, 11) is 0. The first-order valence-electron chi connectivity index (χ1n) is 6.07. The van der Waals surface area contributed by atoms with E-state index in [2.05, 4.69) is 27.4 Å². The molecule has 1 atom stereocenters. The van der Waals surface area contributed by atoms with Crippen LogP contribution in [0, 0.1) is 5.92 Å². The fraction of sp³-hybridized carbons (Fsp3) is 0.846. The van der Waals surface area contributed by atoms with E-state index in [1.165, 1.54) is 31.3 Å². The third-order valence-corrected chi connectivity index (χ3v) is 2.95. The van der Waals surface area contributed by atoms with Gasteiger partial charge in [-0.1, -0.05) is 45.8 Å². The van der Waals surface area contributed by atoms with Crippen LogP contribution in [0.15, 0.2) is 12.2 Å². The maximum atomic E-state index is 6.21. The zero-order chi connectivity index (χ0) is 11.0. The van der Waals surface area contributed by atoms with Gasteiger partial charge in [-0.05, 0) is 31.6 Å². The number of hydrogen-bond donors (Lipinski definition) is 1. The van der Waals surface area contributed by atoms with E-state index in [0.717, 1.165) is 12.8 Å². The standard InChI is InChI=1S/C13H27N/c1-5-8-12(9-6-2)13(14)10-11(4)7-3/h12-13H,4-10,14H2,1-3H3. The van der Waals surface area contributed by atoms with Gasteiger partial charge in [0, 0.05) is 6.04 Å². The van der Waals surface area contributed by atoms with Crippen LogP contribution in [0.4, 0.5) is 0 Å². The second-order valence-electron chi connectivity index (χ2n) is 4.31. The predicted octanol–water partition coefficient (Wildman–Crippen LogP) is 3.89. The zero-order valence-corrected chi connectivity index (χ0v) is 10.2. The molecule has 2 N–H and O–H groups in total. The molecule has 0 amide bonds. The first-order chi connectivity index (χ1) is 6.65. The van der Waals surface area contributed by atoms with Gasteiger partial charge in [-0.2, -0.15) is 0 Å². The van der Waals surface area contributed by atoms with E-state index < -0.39 is 0 Å². The third-order valence-electron chi connectivity index (χ3n) is 2.95. The summed E-state index contributed by atoms with van der Waals surface area (Å²) in [6.07, 6.45) is 7.12. The maximum Gasteiger partial charge on any atom is 0.0104 e. The molecular weight excluding hydrogens is 170 g/mol. The quantitative estimate of drug-likeness (QED) is 0.587. The molecule has 0 aliphatic rings. The highest BCUT2D eigenvalue weighted by atomic mass is 14.6. The van der Waals surface area contributed by atoms with Crippen LogP contribution in [0.3, 0.4) is 0 Å². The Labute approximate surface area is 89.8 Å². The van der Waals surface area contributed by atoms with Gasteiger partial charge in [0.15, 0.2) is 0 Å². The van der Waals surface area contributed by atoms with Crippen molar-refractivity contribution in [3.63, 3.8) is 0 Å². The lowest BCUT2D eigenvalue weighted by Crippen LogP contribution is -2.30. The monoisotopic (exact) mass is 197 g/mol. The summed E-state index contributed by atoms with van der Waals surface area (Å²) in [4.78, 5) is 0. The van der Waals surface area contributed by atoms with Gasteiger partial charge in [0.1, 0.15) is 0 Å². The molecular formula is C13H27N. The molecule has 0 aromatic rings. The Balaban J connectivity index is 3.99. The van der Waals surface area contributed by atoms with E-state index in [-0.39, 0.29) is 0 Å². The fourth-order valence-corrected chi connectivity index (χ4v) is 1.96. The molecule has 0 aromatic carbocycles. The molecule has 0 aromatic heterocycles. The molecule has 0 saturated carbocycles. The highest BCUT2D eigenvalue weighted by Crippen LogP contribution is 2.21. The van der Waals surface area contributed by atoms with Gasteiger partial charge >= 0.3 is 0 Å². The maximum absolute atomic E-state index is 6.21. The van der Waals surface area contributed by atoms with Crippen LogP contribution in [0.25, 0.3) is 0 Å². The van der Waals surface area contributed by atoms with Crippen molar-refractivity contribution in [1.29, 1.82) is 0 Å². The largest absolute Gasteiger partial charge is 0.327 e. The summed E-state index contributed by atoms with van der Waals surface area (Å²) in [6, 6.07) is 0.336. The zero-order valence-electron chi connectivity index (χ0n) is 10.2. The average molecular weight is 197 g/mol. The van der Waals surface area contributed by atoms with Crippen LogP contribution < -0.4 is 5.73 Å². The van der Waals surface area contributed by atoms with Crippen molar-refractivity contribution in [1.82, 2.24) is 0 Å². The Kier molecular flexibility index (Phi) is 7.87. The molecule has 0 bridgehead atoms. The minimum Gasteiger partial charge on any atom is -0.327 e. The van der Waals surface area contributed by atoms with E-state index >= 15 is 0 Å². The van der Waals surface area contributed by atoms with Gasteiger partial charge in [0.2, 0.25) is 0 Å². The molecule has 14 heavy (non-hydrogen) atoms. The van der Waals surface area contributed by atoms with E-state index in [1.54, 1.807) is 0 Å². The molecule has 0 radical (unpaired) electrons. The average Bonchev–Trinajstić information content (AvgIpc) is 2.17. The van der Waals surface area contributed by atoms with Crippen molar-refractivity contribution in [3.8, 4) is 0 Å². The van der Waals surface area contributed by atoms with Crippen molar-refractivity contribution in [2.45, 2.75) is 65.3 Å². The lowest BCUT2D eigenvalue weighted by molar-refractivity contribution is 0.358. The molecule has 0 spiro atoms. The van der Waals surface area contributed by atoms with Crippen molar-refractivity contribution >= 4 is 0 Å². The summed E-state index contributed by atoms with van der Waals surface area (Å²) < 4.78 is 0. The Morgan fingerprint density at radius 2 is 1.64 bits per heavy atom. The summed E-state index contributed by atoms with van der Waals surface area (Å²) in [5.74, 6) is 0.702. The van der Waals surface area contributed by atoms with Crippen LogP contribution >= 0.6 is 0 Å². The second-order valence-corrected chi connectivity index (χ2v) is 4.31. The van der Waals surface area contributed by atoms with Crippen LogP contribution in [0.2, 0.25) is 0 Å². The minimum absolute atomic E-state index is 0.336. The van der Waals surface area contributed by atoms with Crippen LogP contribution in [-0.4, -0.2) is 6.04 Å². The molecule has 1 nitrogen and oxygen atoms in total. The van der Waals surface area contributed by atoms with Crippen molar-refractivity contribution in [3.05, 3.63) is 12.2 Å². The highest BCUT2D eigenvalue weighted by Gasteiger charge is 2.16. The lowest BCUT2D eigenvalue weighted by atomic mass is 9.87. The van der Waals surface area contributed by atoms with Crippen molar-refractivity contribution < 1.29 is 0 Å². The number of nitrogens with two attached hydrogens (primary N) is 1. The Bertz CT molecular complexity index is 145. The first-order valence-corrected chi connectivity index (χ1v) is 6.07. The molecule has 0 heterocycles. The molecule has 0 saturated heterocycles. The van der Waals surface area contributed by atoms with E-state index in [4.69, 9.17) is 5.73 Å². The second kappa shape index (κ2) is 8.05. The van der Waals surface area contributed by atoms with E-state index in [1.807, 2.05) is 0 Å². The van der Waals surface area contributed by atoms with Crippen molar-refractivity contribution in [2.24, 2.45) is 11.7 Å². The first kappa shape index (κ1) is 13.7. The Morgan fingerprint density at radius 1 is 1.14 bits per heavy atom. The van der Waals surface area contributed by atoms with Gasteiger partial charge in [0.25, 0.3) is 0 Å². The molecule has 1 heteroatoms. The van der Waals surface area contributed by atoms with Gasteiger partial charge < -0.3 is 5.73 Å². The highest BCUT2D eigenvalue weighted by molar-refractivity contribution is 4.97. The number of rotatable bonds is 8. The summed E-state index contributed by atoms with van der Waals surface area (Å²) in [5, 5.41) is 0. The molecule has 0 fully saturated rings. The SMILES string of the molecule is C=C(CC)CC(N)C(CCC)CCC. The molecule has 1 unspecified atom stereocenters. The van der Waals surface area contributed by atoms with Crippen molar-refractivity contribution in [2.75, 3.05) is 0 Å². The summed E-state index contributed by atoms with van der Waals surface area (Å²) >= 11 is 0. The molecule has 0 rings (SSSR count). The Hall–Kier alpha value is -0.300. The fourth-order valence-electron chi connectivity index (χ4n) is 1.96. The van der Waals surface area contributed by atoms with Crippen LogP contribution in [0.5, 0.6) is 0 Å². The molecule has 84 valence electrons. The number of hydrogen-bond acceptors (Lipinski definition) is 1. The normalized spacial score (nSPS) is 13.2. The molecule has 0 aliphatic heterocycles. The van der Waals surface area contributed by atoms with E-state index in [9.17, 15) is 0 Å². The van der Waals surface area contributed by atoms with E-state index in [0.29, 0.717) is 12.0 Å². The van der Waals surface area contributed by atoms with Gasteiger partial charge in [-0.25, -0.2) is 0 Å². The third kappa shape index (κ3) is 5.43. The minimum atomic E-state index is 0.336. The topological polar surface area (TPSA) is 26.0 Å². The smallest absolute Gasteiger partial charge is 0.0104 e. The lowest BCUT2D eigenvalue weighted by Gasteiger charge is -2.23. The summed E-state index contributed by atoms with van der Waals surface area (Å²) in [5.41, 5.74) is 7.51. The van der Waals surface area contributed by atoms with Gasteiger partial charge in [-0.3, -0.25) is 0 Å². The van der Waals surface area contributed by atoms with Gasteiger partial charge in [-0.15, -0.1) is 0 Å². The predicted molar refractivity (Wildman–Crippen MR) is 65.3 cm³/mol. The summed E-state index contributed by atoms with van der Waals surface area (Å²) in [6.45, 7) is 10.7. The van der Waals surface area contributed by atoms with Crippen LogP contribution in [-0.2, 0) is 0 Å². The molecule has 0 aliphatic carbocycles. The van der Waals surface area contributed by atoms with Gasteiger partial charge in [0.05, 0.1) is 0 Å².